The summed E-state index contributed by atoms with van der Waals surface area (Å²) < 4.78 is 11.6. The van der Waals surface area contributed by atoms with Gasteiger partial charge in [0.05, 0.1) is 33.1 Å². The van der Waals surface area contributed by atoms with E-state index in [1.165, 1.54) is 94.8 Å². The first-order valence-electron chi connectivity index (χ1n) is 20.0. The van der Waals surface area contributed by atoms with Crippen molar-refractivity contribution in [3.8, 4) is 11.4 Å². The molecule has 4 aromatic heterocycles. The second-order valence-electron chi connectivity index (χ2n) is 16.6. The molecule has 5 nitrogen and oxygen atoms in total. The molecule has 0 atom stereocenters. The molecule has 270 valence electrons. The predicted molar refractivity (Wildman–Crippen MR) is 236 cm³/mol. The number of rotatable bonds is 2. The zero-order valence-electron chi connectivity index (χ0n) is 31.7. The van der Waals surface area contributed by atoms with E-state index >= 15 is 0 Å². The van der Waals surface area contributed by atoms with Gasteiger partial charge in [0.25, 0.3) is 0 Å². The Morgan fingerprint density at radius 1 is 0.544 bits per heavy atom. The largest absolute Gasteiger partial charge is 0.436 e. The van der Waals surface area contributed by atoms with Gasteiger partial charge in [-0.15, -0.1) is 0 Å². The zero-order valence-corrected chi connectivity index (χ0v) is 31.7. The van der Waals surface area contributed by atoms with Crippen molar-refractivity contribution in [2.45, 2.75) is 38.5 Å². The summed E-state index contributed by atoms with van der Waals surface area (Å²) in [5.41, 5.74) is 14.0. The highest BCUT2D eigenvalue weighted by molar-refractivity contribution is 6.33. The third-order valence-electron chi connectivity index (χ3n) is 13.0. The Kier molecular flexibility index (Phi) is 6.07. The molecule has 5 heteroatoms. The molecule has 0 amide bonds. The van der Waals surface area contributed by atoms with Crippen LogP contribution in [0.2, 0.25) is 0 Å². The SMILES string of the molecule is CC1(C)CCCc2c1ccc1c3c(ccc4c5c6c(ccc7ccccc76)ccc5n(-c5ccc6c(c5)oc5nc7ccccc7nc56)c43)n(-c3ccccc3)c21. The number of nitrogens with zero attached hydrogens (tertiary/aromatic N) is 4. The van der Waals surface area contributed by atoms with Crippen LogP contribution in [0.25, 0.3) is 110 Å². The van der Waals surface area contributed by atoms with Crippen molar-refractivity contribution in [1.82, 2.24) is 19.1 Å². The van der Waals surface area contributed by atoms with Gasteiger partial charge < -0.3 is 13.6 Å². The molecule has 8 aromatic carbocycles. The van der Waals surface area contributed by atoms with E-state index in [1.54, 1.807) is 0 Å². The van der Waals surface area contributed by atoms with Gasteiger partial charge in [-0.05, 0) is 106 Å². The minimum atomic E-state index is 0.113. The van der Waals surface area contributed by atoms with E-state index < -0.39 is 0 Å². The summed E-state index contributed by atoms with van der Waals surface area (Å²) in [7, 11) is 0. The molecule has 0 N–H and O–H groups in total. The number of aryl methyl sites for hydroxylation is 1. The van der Waals surface area contributed by atoms with Crippen LogP contribution in [0.15, 0.2) is 150 Å². The maximum absolute atomic E-state index is 6.56. The first-order chi connectivity index (χ1) is 28.0. The van der Waals surface area contributed by atoms with Crippen molar-refractivity contribution in [3.63, 3.8) is 0 Å². The fraction of sp³-hybridized carbons (Fsp3) is 0.115. The Bertz CT molecular complexity index is 3700. The quantitative estimate of drug-likeness (QED) is 0.166. The van der Waals surface area contributed by atoms with Gasteiger partial charge in [-0.1, -0.05) is 105 Å². The van der Waals surface area contributed by atoms with E-state index in [-0.39, 0.29) is 5.41 Å². The molecule has 13 rings (SSSR count). The molecular formula is C52H36N4O. The monoisotopic (exact) mass is 732 g/mol. The molecule has 0 fully saturated rings. The van der Waals surface area contributed by atoms with Gasteiger partial charge >= 0.3 is 0 Å². The number of fused-ring (bicyclic) bond motifs is 17. The summed E-state index contributed by atoms with van der Waals surface area (Å²) in [5, 5.41) is 11.0. The van der Waals surface area contributed by atoms with E-state index in [0.29, 0.717) is 5.71 Å². The highest BCUT2D eigenvalue weighted by atomic mass is 16.3. The van der Waals surface area contributed by atoms with Gasteiger partial charge in [0.1, 0.15) is 11.1 Å². The molecule has 1 aliphatic rings. The fourth-order valence-corrected chi connectivity index (χ4v) is 10.5. The van der Waals surface area contributed by atoms with Crippen molar-refractivity contribution in [2.24, 2.45) is 0 Å². The maximum atomic E-state index is 6.56. The van der Waals surface area contributed by atoms with Crippen LogP contribution >= 0.6 is 0 Å². The summed E-state index contributed by atoms with van der Waals surface area (Å²) in [6.07, 6.45) is 3.45. The third-order valence-corrected chi connectivity index (χ3v) is 13.0. The van der Waals surface area contributed by atoms with Crippen LogP contribution in [0.4, 0.5) is 0 Å². The van der Waals surface area contributed by atoms with Gasteiger partial charge in [-0.2, -0.15) is 0 Å². The molecule has 0 aliphatic heterocycles. The number of para-hydroxylation sites is 3. The maximum Gasteiger partial charge on any atom is 0.246 e. The van der Waals surface area contributed by atoms with Crippen molar-refractivity contribution in [2.75, 3.05) is 0 Å². The second kappa shape index (κ2) is 11.1. The summed E-state index contributed by atoms with van der Waals surface area (Å²) in [4.78, 5) is 9.89. The molecular weight excluding hydrogens is 697 g/mol. The number of furan rings is 1. The average molecular weight is 733 g/mol. The minimum Gasteiger partial charge on any atom is -0.436 e. The van der Waals surface area contributed by atoms with Gasteiger partial charge in [0.15, 0.2) is 0 Å². The van der Waals surface area contributed by atoms with E-state index in [4.69, 9.17) is 14.4 Å². The van der Waals surface area contributed by atoms with E-state index in [0.717, 1.165) is 39.6 Å². The molecule has 0 radical (unpaired) electrons. The Balaban J connectivity index is 1.23. The van der Waals surface area contributed by atoms with Crippen molar-refractivity contribution in [1.29, 1.82) is 0 Å². The zero-order chi connectivity index (χ0) is 37.6. The van der Waals surface area contributed by atoms with Crippen molar-refractivity contribution >= 4 is 98.4 Å². The lowest BCUT2D eigenvalue weighted by molar-refractivity contribution is 0.433. The molecule has 0 unspecified atom stereocenters. The van der Waals surface area contributed by atoms with Crippen LogP contribution in [-0.4, -0.2) is 19.1 Å². The molecule has 0 saturated heterocycles. The van der Waals surface area contributed by atoms with Crippen molar-refractivity contribution < 1.29 is 4.42 Å². The lowest BCUT2D eigenvalue weighted by atomic mass is 9.72. The van der Waals surface area contributed by atoms with Crippen LogP contribution in [0, 0.1) is 0 Å². The van der Waals surface area contributed by atoms with Crippen LogP contribution in [0.3, 0.4) is 0 Å². The Morgan fingerprint density at radius 3 is 2.12 bits per heavy atom. The minimum absolute atomic E-state index is 0.113. The summed E-state index contributed by atoms with van der Waals surface area (Å²) in [6.45, 7) is 4.83. The summed E-state index contributed by atoms with van der Waals surface area (Å²) >= 11 is 0. The first kappa shape index (κ1) is 31.2. The van der Waals surface area contributed by atoms with Gasteiger partial charge in [-0.25, -0.2) is 9.97 Å². The molecule has 4 heterocycles. The molecule has 0 saturated carbocycles. The lowest BCUT2D eigenvalue weighted by Crippen LogP contribution is -2.24. The highest BCUT2D eigenvalue weighted by Crippen LogP contribution is 2.48. The first-order valence-corrected chi connectivity index (χ1v) is 20.0. The predicted octanol–water partition coefficient (Wildman–Crippen LogP) is 13.6. The van der Waals surface area contributed by atoms with Crippen LogP contribution in [0.1, 0.15) is 37.8 Å². The van der Waals surface area contributed by atoms with E-state index in [2.05, 4.69) is 144 Å². The van der Waals surface area contributed by atoms with Crippen LogP contribution in [-0.2, 0) is 11.8 Å². The lowest BCUT2D eigenvalue weighted by Gasteiger charge is -2.33. The smallest absolute Gasteiger partial charge is 0.246 e. The Labute approximate surface area is 327 Å². The molecule has 12 aromatic rings. The number of hydrogen-bond acceptors (Lipinski definition) is 3. The fourth-order valence-electron chi connectivity index (χ4n) is 10.5. The Hall–Kier alpha value is -6.98. The molecule has 0 bridgehead atoms. The number of hydrogen-bond donors (Lipinski definition) is 0. The molecule has 0 spiro atoms. The number of benzene rings is 8. The van der Waals surface area contributed by atoms with Gasteiger partial charge in [0.2, 0.25) is 5.71 Å². The van der Waals surface area contributed by atoms with Crippen LogP contribution < -0.4 is 0 Å². The topological polar surface area (TPSA) is 48.8 Å². The van der Waals surface area contributed by atoms with Gasteiger partial charge in [0, 0.05) is 44.4 Å². The number of aromatic nitrogens is 4. The molecule has 1 aliphatic carbocycles. The molecule has 57 heavy (non-hydrogen) atoms. The summed E-state index contributed by atoms with van der Waals surface area (Å²) in [5.74, 6) is 0. The van der Waals surface area contributed by atoms with E-state index in [9.17, 15) is 0 Å². The van der Waals surface area contributed by atoms with E-state index in [1.807, 2.05) is 24.3 Å². The van der Waals surface area contributed by atoms with Crippen molar-refractivity contribution in [3.05, 3.63) is 157 Å². The van der Waals surface area contributed by atoms with Crippen LogP contribution in [0.5, 0.6) is 0 Å². The second-order valence-corrected chi connectivity index (χ2v) is 16.6. The normalized spacial score (nSPS) is 14.4. The summed E-state index contributed by atoms with van der Waals surface area (Å²) in [6, 6.07) is 53.1. The average Bonchev–Trinajstić information content (AvgIpc) is 3.89. The van der Waals surface area contributed by atoms with Gasteiger partial charge in [-0.3, -0.25) is 0 Å². The Morgan fingerprint density at radius 2 is 1.23 bits per heavy atom. The third kappa shape index (κ3) is 4.18. The standard InChI is InChI=1S/C52H36N4O/c1-52(2)28-10-15-35-39(52)25-23-38-47-43(55(49(35)38)32-12-4-3-5-13-32)27-24-37-46-42(26-20-31-19-18-30-11-6-7-14-34(30)45(31)46)56(50(37)47)33-21-22-36-44(29-33)57-51-48(36)53-40-16-8-9-17-41(40)54-51/h3-9,11-14,16-27,29H,10,15,28H2,1-2H3. The highest BCUT2D eigenvalue weighted by Gasteiger charge is 2.31.